The van der Waals surface area contributed by atoms with E-state index in [9.17, 15) is 23.3 Å². The van der Waals surface area contributed by atoms with Crippen molar-refractivity contribution in [3.63, 3.8) is 0 Å². The van der Waals surface area contributed by atoms with Crippen LogP contribution in [0.25, 0.3) is 11.4 Å². The molecule has 7 nitrogen and oxygen atoms in total. The molecule has 0 unspecified atom stereocenters. The molecule has 12 heteroatoms. The van der Waals surface area contributed by atoms with Gasteiger partial charge in [0.15, 0.2) is 11.0 Å². The first-order valence-corrected chi connectivity index (χ1v) is 8.98. The summed E-state index contributed by atoms with van der Waals surface area (Å²) in [6.45, 7) is 2.27. The molecule has 0 N–H and O–H groups in total. The molecule has 2 heterocycles. The van der Waals surface area contributed by atoms with E-state index in [-0.39, 0.29) is 10.1 Å². The van der Waals surface area contributed by atoms with E-state index in [2.05, 4.69) is 15.2 Å². The first-order chi connectivity index (χ1) is 13.2. The first-order valence-electron chi connectivity index (χ1n) is 7.79. The Bertz CT molecular complexity index is 1030. The normalized spacial score (nSPS) is 11.6. The topological polar surface area (TPSA) is 86.7 Å². The van der Waals surface area contributed by atoms with E-state index in [0.29, 0.717) is 18.4 Å². The predicted molar refractivity (Wildman–Crippen MR) is 96.2 cm³/mol. The molecule has 0 fully saturated rings. The van der Waals surface area contributed by atoms with Gasteiger partial charge in [0.05, 0.1) is 20.4 Å². The van der Waals surface area contributed by atoms with Crippen molar-refractivity contribution in [2.45, 2.75) is 29.7 Å². The average Bonchev–Trinajstić information content (AvgIpc) is 3.03. The third kappa shape index (κ3) is 3.94. The minimum absolute atomic E-state index is 0.0635. The number of benzene rings is 1. The summed E-state index contributed by atoms with van der Waals surface area (Å²) < 4.78 is 40.7. The number of halogens is 4. The highest BCUT2D eigenvalue weighted by molar-refractivity contribution is 7.99. The number of aromatic nitrogens is 4. The Balaban J connectivity index is 2.06. The van der Waals surface area contributed by atoms with Crippen molar-refractivity contribution in [3.05, 3.63) is 57.4 Å². The number of alkyl halides is 3. The maximum Gasteiger partial charge on any atom is 0.418 e. The second-order valence-corrected chi connectivity index (χ2v) is 6.86. The average molecular weight is 430 g/mol. The molecule has 0 saturated carbocycles. The van der Waals surface area contributed by atoms with Crippen LogP contribution in [0, 0.1) is 10.1 Å². The van der Waals surface area contributed by atoms with Gasteiger partial charge in [0, 0.05) is 30.6 Å². The third-order valence-electron chi connectivity index (χ3n) is 3.72. The summed E-state index contributed by atoms with van der Waals surface area (Å²) >= 11 is 6.55. The van der Waals surface area contributed by atoms with Gasteiger partial charge in [0.2, 0.25) is 0 Å². The van der Waals surface area contributed by atoms with Gasteiger partial charge in [-0.1, -0.05) is 11.6 Å². The minimum Gasteiger partial charge on any atom is -0.302 e. The van der Waals surface area contributed by atoms with Crippen molar-refractivity contribution in [2.24, 2.45) is 0 Å². The van der Waals surface area contributed by atoms with Gasteiger partial charge in [-0.2, -0.15) is 13.2 Å². The maximum absolute atomic E-state index is 13.0. The van der Waals surface area contributed by atoms with Crippen molar-refractivity contribution in [1.29, 1.82) is 0 Å². The smallest absolute Gasteiger partial charge is 0.302 e. The van der Waals surface area contributed by atoms with Gasteiger partial charge in [0.1, 0.15) is 0 Å². The fourth-order valence-corrected chi connectivity index (χ4v) is 3.80. The third-order valence-corrected chi connectivity index (χ3v) is 5.07. The molecule has 0 saturated heterocycles. The standard InChI is InChI=1S/C16H11ClF3N5O2S/c1-2-24-14(9-3-5-21-6-4-9)22-23-15(24)28-13-8-11(17)10(16(18,19)20)7-12(13)25(26)27/h3-8H,2H2,1H3. The highest BCUT2D eigenvalue weighted by atomic mass is 35.5. The molecule has 3 rings (SSSR count). The number of nitrogens with zero attached hydrogens (tertiary/aromatic N) is 5. The molecule has 1 aromatic carbocycles. The Hall–Kier alpha value is -2.66. The van der Waals surface area contributed by atoms with E-state index in [1.165, 1.54) is 0 Å². The SMILES string of the molecule is CCn1c(Sc2cc(Cl)c(C(F)(F)F)cc2[N+](=O)[O-])nnc1-c1ccncc1. The van der Waals surface area contributed by atoms with E-state index in [1.54, 1.807) is 29.1 Å². The summed E-state index contributed by atoms with van der Waals surface area (Å²) in [6, 6.07) is 4.80. The van der Waals surface area contributed by atoms with Gasteiger partial charge in [-0.15, -0.1) is 10.2 Å². The summed E-state index contributed by atoms with van der Waals surface area (Å²) in [4.78, 5) is 14.3. The monoisotopic (exact) mass is 429 g/mol. The van der Waals surface area contributed by atoms with Gasteiger partial charge >= 0.3 is 6.18 Å². The van der Waals surface area contributed by atoms with Crippen LogP contribution in [0.3, 0.4) is 0 Å². The Labute approximate surface area is 165 Å². The minimum atomic E-state index is -4.80. The van der Waals surface area contributed by atoms with E-state index < -0.39 is 27.4 Å². The summed E-state index contributed by atoms with van der Waals surface area (Å²) in [5.74, 6) is 0.507. The van der Waals surface area contributed by atoms with Gasteiger partial charge < -0.3 is 4.57 Å². The van der Waals surface area contributed by atoms with Gasteiger partial charge in [-0.25, -0.2) is 0 Å². The summed E-state index contributed by atoms with van der Waals surface area (Å²) in [5.41, 5.74) is -1.24. The number of nitro benzene ring substituents is 1. The molecule has 0 amide bonds. The van der Waals surface area contributed by atoms with E-state index in [0.717, 1.165) is 23.4 Å². The van der Waals surface area contributed by atoms with Crippen molar-refractivity contribution < 1.29 is 18.1 Å². The van der Waals surface area contributed by atoms with Crippen LogP contribution in [-0.2, 0) is 12.7 Å². The number of nitro groups is 1. The number of rotatable bonds is 5. The lowest BCUT2D eigenvalue weighted by molar-refractivity contribution is -0.388. The molecular weight excluding hydrogens is 419 g/mol. The van der Waals surface area contributed by atoms with Crippen LogP contribution in [0.4, 0.5) is 18.9 Å². The highest BCUT2D eigenvalue weighted by Gasteiger charge is 2.36. The molecule has 0 aliphatic rings. The van der Waals surface area contributed by atoms with Crippen LogP contribution >= 0.6 is 23.4 Å². The highest BCUT2D eigenvalue weighted by Crippen LogP contribution is 2.43. The van der Waals surface area contributed by atoms with Crippen LogP contribution in [-0.4, -0.2) is 24.7 Å². The zero-order valence-electron chi connectivity index (χ0n) is 14.1. The molecule has 146 valence electrons. The maximum atomic E-state index is 13.0. The molecule has 0 aliphatic heterocycles. The Morgan fingerprint density at radius 2 is 1.93 bits per heavy atom. The quantitative estimate of drug-likeness (QED) is 0.414. The van der Waals surface area contributed by atoms with Crippen LogP contribution in [0.1, 0.15) is 12.5 Å². The van der Waals surface area contributed by atoms with E-state index in [1.807, 2.05) is 6.92 Å². The summed E-state index contributed by atoms with van der Waals surface area (Å²) in [6.07, 6.45) is -1.64. The van der Waals surface area contributed by atoms with Crippen LogP contribution in [0.2, 0.25) is 5.02 Å². The van der Waals surface area contributed by atoms with Gasteiger partial charge in [0.25, 0.3) is 5.69 Å². The largest absolute Gasteiger partial charge is 0.418 e. The lowest BCUT2D eigenvalue weighted by atomic mass is 10.2. The zero-order valence-corrected chi connectivity index (χ0v) is 15.7. The molecule has 2 aromatic heterocycles. The fourth-order valence-electron chi connectivity index (χ4n) is 2.45. The lowest BCUT2D eigenvalue weighted by Gasteiger charge is -2.11. The molecule has 0 aliphatic carbocycles. The Morgan fingerprint density at radius 3 is 2.50 bits per heavy atom. The van der Waals surface area contributed by atoms with Gasteiger partial charge in [-0.05, 0) is 36.9 Å². The fraction of sp³-hybridized carbons (Fsp3) is 0.188. The molecule has 0 spiro atoms. The molecule has 0 radical (unpaired) electrons. The zero-order chi connectivity index (χ0) is 20.5. The molecule has 28 heavy (non-hydrogen) atoms. The van der Waals surface area contributed by atoms with Crippen LogP contribution in [0.5, 0.6) is 0 Å². The molecule has 0 bridgehead atoms. The summed E-state index contributed by atoms with van der Waals surface area (Å²) in [5, 5.41) is 19.1. The number of hydrogen-bond donors (Lipinski definition) is 0. The first kappa shape index (κ1) is 20.1. The van der Waals surface area contributed by atoms with Crippen molar-refractivity contribution >= 4 is 29.1 Å². The predicted octanol–water partition coefficient (Wildman–Crippen LogP) is 5.09. The van der Waals surface area contributed by atoms with E-state index >= 15 is 0 Å². The summed E-state index contributed by atoms with van der Waals surface area (Å²) in [7, 11) is 0. The van der Waals surface area contributed by atoms with Crippen LogP contribution < -0.4 is 0 Å². The van der Waals surface area contributed by atoms with Crippen molar-refractivity contribution in [3.8, 4) is 11.4 Å². The second kappa shape index (κ2) is 7.76. The lowest BCUT2D eigenvalue weighted by Crippen LogP contribution is -2.07. The van der Waals surface area contributed by atoms with Crippen molar-refractivity contribution in [2.75, 3.05) is 0 Å². The Kier molecular flexibility index (Phi) is 5.57. The van der Waals surface area contributed by atoms with Crippen molar-refractivity contribution in [1.82, 2.24) is 19.7 Å². The Morgan fingerprint density at radius 1 is 1.25 bits per heavy atom. The molecular formula is C16H11ClF3N5O2S. The number of hydrogen-bond acceptors (Lipinski definition) is 6. The van der Waals surface area contributed by atoms with Crippen LogP contribution in [0.15, 0.2) is 46.7 Å². The van der Waals surface area contributed by atoms with Gasteiger partial charge in [-0.3, -0.25) is 15.1 Å². The second-order valence-electron chi connectivity index (χ2n) is 5.44. The molecule has 0 atom stereocenters. The molecule has 3 aromatic rings. The van der Waals surface area contributed by atoms with E-state index in [4.69, 9.17) is 11.6 Å². The number of pyridine rings is 1.